The largest absolute Gasteiger partial charge is 0.481 e. The van der Waals surface area contributed by atoms with Crippen LogP contribution in [-0.2, 0) is 18.0 Å². The van der Waals surface area contributed by atoms with Crippen molar-refractivity contribution in [1.29, 1.82) is 0 Å². The van der Waals surface area contributed by atoms with Crippen molar-refractivity contribution in [3.63, 3.8) is 0 Å². The Morgan fingerprint density at radius 2 is 2.15 bits per heavy atom. The third-order valence-electron chi connectivity index (χ3n) is 3.58. The van der Waals surface area contributed by atoms with Crippen molar-refractivity contribution >= 4 is 22.4 Å². The van der Waals surface area contributed by atoms with Gasteiger partial charge in [0.25, 0.3) is 5.91 Å². The molecular weight excluding hydrogens is 381 g/mol. The van der Waals surface area contributed by atoms with Crippen molar-refractivity contribution in [3.05, 3.63) is 47.6 Å². The van der Waals surface area contributed by atoms with Gasteiger partial charge in [-0.05, 0) is 25.1 Å². The number of rotatable bonds is 5. The maximum atomic E-state index is 12.7. The molecule has 0 saturated carbocycles. The topological polar surface area (TPSA) is 69.0 Å². The summed E-state index contributed by atoms with van der Waals surface area (Å²) in [5, 5.41) is 8.78. The van der Waals surface area contributed by atoms with Crippen LogP contribution < -0.4 is 10.1 Å². The molecule has 0 radical (unpaired) electrons. The van der Waals surface area contributed by atoms with Crippen LogP contribution in [-0.4, -0.2) is 26.8 Å². The number of nitrogens with one attached hydrogen (secondary N) is 1. The molecule has 0 aliphatic rings. The van der Waals surface area contributed by atoms with Crippen molar-refractivity contribution in [3.8, 4) is 17.0 Å². The number of nitrogens with zero attached hydrogens (tertiary/aromatic N) is 3. The molecule has 0 spiro atoms. The van der Waals surface area contributed by atoms with Crippen LogP contribution >= 0.6 is 11.3 Å². The van der Waals surface area contributed by atoms with Gasteiger partial charge in [-0.2, -0.15) is 18.3 Å². The van der Waals surface area contributed by atoms with Crippen molar-refractivity contribution in [2.24, 2.45) is 7.05 Å². The van der Waals surface area contributed by atoms with Crippen LogP contribution in [0.15, 0.2) is 42.0 Å². The highest BCUT2D eigenvalue weighted by molar-refractivity contribution is 7.14. The van der Waals surface area contributed by atoms with Gasteiger partial charge in [0.2, 0.25) is 0 Å². The van der Waals surface area contributed by atoms with Gasteiger partial charge in [-0.1, -0.05) is 6.07 Å². The highest BCUT2D eigenvalue weighted by Gasteiger charge is 2.31. The maximum Gasteiger partial charge on any atom is 0.416 e. The Morgan fingerprint density at radius 3 is 2.81 bits per heavy atom. The number of anilines is 1. The zero-order valence-electron chi connectivity index (χ0n) is 14.3. The Balaban J connectivity index is 1.64. The van der Waals surface area contributed by atoms with E-state index >= 15 is 0 Å². The Morgan fingerprint density at radius 1 is 1.37 bits per heavy atom. The second kappa shape index (κ2) is 7.39. The molecule has 2 aromatic heterocycles. The zero-order chi connectivity index (χ0) is 19.6. The van der Waals surface area contributed by atoms with E-state index in [1.54, 1.807) is 29.5 Å². The van der Waals surface area contributed by atoms with Gasteiger partial charge in [0.05, 0.1) is 17.5 Å². The highest BCUT2D eigenvalue weighted by Crippen LogP contribution is 2.31. The van der Waals surface area contributed by atoms with E-state index in [1.807, 2.05) is 0 Å². The van der Waals surface area contributed by atoms with Crippen LogP contribution in [0.3, 0.4) is 0 Å². The molecule has 1 N–H and O–H groups in total. The fourth-order valence-electron chi connectivity index (χ4n) is 2.23. The van der Waals surface area contributed by atoms with Crippen molar-refractivity contribution in [1.82, 2.24) is 14.8 Å². The van der Waals surface area contributed by atoms with E-state index in [4.69, 9.17) is 4.74 Å². The van der Waals surface area contributed by atoms with E-state index in [-0.39, 0.29) is 5.75 Å². The first-order chi connectivity index (χ1) is 12.7. The van der Waals surface area contributed by atoms with Gasteiger partial charge < -0.3 is 4.74 Å². The minimum absolute atomic E-state index is 0.0392. The molecule has 0 aliphatic carbocycles. The molecular formula is C17H15F3N4O2S. The molecule has 1 atom stereocenters. The third-order valence-corrected chi connectivity index (χ3v) is 4.34. The first-order valence-electron chi connectivity index (χ1n) is 7.81. The number of ether oxygens (including phenoxy) is 1. The van der Waals surface area contributed by atoms with E-state index in [0.717, 1.165) is 17.7 Å². The quantitative estimate of drug-likeness (QED) is 0.709. The van der Waals surface area contributed by atoms with Crippen LogP contribution in [0.5, 0.6) is 5.75 Å². The average molecular weight is 396 g/mol. The second-order valence-corrected chi connectivity index (χ2v) is 6.57. The highest BCUT2D eigenvalue weighted by atomic mass is 32.1. The number of carbonyl (C=O) groups is 1. The SMILES string of the molecule is C[C@@H](Oc1cccc(C(F)(F)F)c1)C(=O)Nc1nc(-c2cnn(C)c2)cs1. The van der Waals surface area contributed by atoms with Crippen LogP contribution in [0, 0.1) is 0 Å². The van der Waals surface area contributed by atoms with Gasteiger partial charge in [0.15, 0.2) is 11.2 Å². The predicted molar refractivity (Wildman–Crippen MR) is 94.5 cm³/mol. The van der Waals surface area contributed by atoms with E-state index in [9.17, 15) is 18.0 Å². The van der Waals surface area contributed by atoms with Crippen LogP contribution in [0.1, 0.15) is 12.5 Å². The monoisotopic (exact) mass is 396 g/mol. The summed E-state index contributed by atoms with van der Waals surface area (Å²) in [6, 6.07) is 4.38. The van der Waals surface area contributed by atoms with Crippen molar-refractivity contribution < 1.29 is 22.7 Å². The summed E-state index contributed by atoms with van der Waals surface area (Å²) in [6.07, 6.45) is -2.03. The molecule has 0 bridgehead atoms. The predicted octanol–water partition coefficient (Wildman–Crippen LogP) is 3.97. The minimum Gasteiger partial charge on any atom is -0.481 e. The summed E-state index contributed by atoms with van der Waals surface area (Å²) in [5.41, 5.74) is 0.631. The fourth-order valence-corrected chi connectivity index (χ4v) is 2.95. The molecule has 0 aliphatic heterocycles. The van der Waals surface area contributed by atoms with E-state index in [1.165, 1.54) is 30.4 Å². The molecule has 3 rings (SSSR count). The van der Waals surface area contributed by atoms with E-state index in [0.29, 0.717) is 10.8 Å². The lowest BCUT2D eigenvalue weighted by atomic mass is 10.2. The molecule has 3 aromatic rings. The molecule has 27 heavy (non-hydrogen) atoms. The van der Waals surface area contributed by atoms with Gasteiger partial charge in [-0.3, -0.25) is 14.8 Å². The first kappa shape index (κ1) is 18.9. The standard InChI is InChI=1S/C17H15F3N4O2S/c1-10(26-13-5-3-4-12(6-13)17(18,19)20)15(25)23-16-22-14(9-27-16)11-7-21-24(2)8-11/h3-10H,1-2H3,(H,22,23,25)/t10-/m1/s1. The van der Waals surface area contributed by atoms with Crippen molar-refractivity contribution in [2.75, 3.05) is 5.32 Å². The number of hydrogen-bond acceptors (Lipinski definition) is 5. The molecule has 10 heteroatoms. The van der Waals surface area contributed by atoms with E-state index in [2.05, 4.69) is 15.4 Å². The summed E-state index contributed by atoms with van der Waals surface area (Å²) >= 11 is 1.23. The van der Waals surface area contributed by atoms with Crippen LogP contribution in [0.4, 0.5) is 18.3 Å². The number of benzene rings is 1. The number of aryl methyl sites for hydroxylation is 1. The molecule has 0 saturated heterocycles. The molecule has 0 unspecified atom stereocenters. The lowest BCUT2D eigenvalue weighted by Crippen LogP contribution is -2.30. The maximum absolute atomic E-state index is 12.7. The van der Waals surface area contributed by atoms with E-state index < -0.39 is 23.8 Å². The van der Waals surface area contributed by atoms with Gasteiger partial charge in [-0.15, -0.1) is 11.3 Å². The number of hydrogen-bond donors (Lipinski definition) is 1. The number of halogens is 3. The lowest BCUT2D eigenvalue weighted by Gasteiger charge is -2.15. The molecule has 1 aromatic carbocycles. The van der Waals surface area contributed by atoms with Gasteiger partial charge in [0.1, 0.15) is 5.75 Å². The van der Waals surface area contributed by atoms with Gasteiger partial charge in [0, 0.05) is 24.2 Å². The summed E-state index contributed by atoms with van der Waals surface area (Å²) in [6.45, 7) is 1.45. The lowest BCUT2D eigenvalue weighted by molar-refractivity contribution is -0.137. The van der Waals surface area contributed by atoms with Crippen molar-refractivity contribution in [2.45, 2.75) is 19.2 Å². The number of aromatic nitrogens is 3. The Hall–Kier alpha value is -2.88. The third kappa shape index (κ3) is 4.64. The minimum atomic E-state index is -4.48. The number of carbonyl (C=O) groups excluding carboxylic acids is 1. The van der Waals surface area contributed by atoms with Crippen LogP contribution in [0.2, 0.25) is 0 Å². The fraction of sp³-hybridized carbons (Fsp3) is 0.235. The molecule has 1 amide bonds. The Kier molecular flexibility index (Phi) is 5.17. The summed E-state index contributed by atoms with van der Waals surface area (Å²) < 4.78 is 45.2. The second-order valence-electron chi connectivity index (χ2n) is 5.72. The van der Waals surface area contributed by atoms with Gasteiger partial charge in [-0.25, -0.2) is 4.98 Å². The average Bonchev–Trinajstić information content (AvgIpc) is 3.23. The normalized spacial score (nSPS) is 12.6. The zero-order valence-corrected chi connectivity index (χ0v) is 15.1. The Labute approximate surface area is 156 Å². The first-order valence-corrected chi connectivity index (χ1v) is 8.69. The summed E-state index contributed by atoms with van der Waals surface area (Å²) in [7, 11) is 1.78. The summed E-state index contributed by atoms with van der Waals surface area (Å²) in [4.78, 5) is 16.5. The Bertz CT molecular complexity index is 952. The molecule has 0 fully saturated rings. The number of alkyl halides is 3. The number of thiazole rings is 1. The molecule has 2 heterocycles. The molecule has 6 nitrogen and oxygen atoms in total. The smallest absolute Gasteiger partial charge is 0.416 e. The summed E-state index contributed by atoms with van der Waals surface area (Å²) in [5.74, 6) is -0.554. The number of amides is 1. The molecule has 142 valence electrons. The van der Waals surface area contributed by atoms with Gasteiger partial charge >= 0.3 is 6.18 Å². The van der Waals surface area contributed by atoms with Crippen LogP contribution in [0.25, 0.3) is 11.3 Å².